The topological polar surface area (TPSA) is 71.1 Å². The molecular weight excluding hydrogens is 370 g/mol. The van der Waals surface area contributed by atoms with Crippen LogP contribution in [0.25, 0.3) is 0 Å². The molecule has 2 aliphatic heterocycles. The number of rotatable bonds is 8. The normalized spacial score (nSPS) is 17.9. The molecular formula is C22H33N3O4. The maximum atomic E-state index is 12.5. The summed E-state index contributed by atoms with van der Waals surface area (Å²) in [4.78, 5) is 28.3. The maximum Gasteiger partial charge on any atom is 0.251 e. The van der Waals surface area contributed by atoms with E-state index in [4.69, 9.17) is 9.47 Å². The molecule has 1 aromatic carbocycles. The fourth-order valence-corrected chi connectivity index (χ4v) is 3.99. The van der Waals surface area contributed by atoms with Crippen molar-refractivity contribution in [1.29, 1.82) is 0 Å². The molecule has 2 heterocycles. The monoisotopic (exact) mass is 403 g/mol. The van der Waals surface area contributed by atoms with Crippen molar-refractivity contribution in [1.82, 2.24) is 15.1 Å². The maximum absolute atomic E-state index is 12.5. The lowest BCUT2D eigenvalue weighted by molar-refractivity contribution is -0.130. The lowest BCUT2D eigenvalue weighted by Gasteiger charge is -2.31. The summed E-state index contributed by atoms with van der Waals surface area (Å²) < 4.78 is 11.5. The number of likely N-dealkylation sites (tertiary alicyclic amines) is 2. The molecule has 1 N–H and O–H groups in total. The van der Waals surface area contributed by atoms with Crippen LogP contribution >= 0.6 is 0 Å². The Balaban J connectivity index is 1.52. The van der Waals surface area contributed by atoms with Crippen LogP contribution in [0.15, 0.2) is 18.2 Å². The molecule has 2 saturated heterocycles. The largest absolute Gasteiger partial charge is 0.493 e. The third-order valence-electron chi connectivity index (χ3n) is 5.74. The number of nitrogens with one attached hydrogen (secondary N) is 1. The molecule has 7 heteroatoms. The molecule has 0 aromatic heterocycles. The predicted molar refractivity (Wildman–Crippen MR) is 112 cm³/mol. The van der Waals surface area contributed by atoms with Gasteiger partial charge in [0.15, 0.2) is 11.5 Å². The summed E-state index contributed by atoms with van der Waals surface area (Å²) in [5, 5.41) is 3.00. The Hall–Kier alpha value is -2.28. The Kier molecular flexibility index (Phi) is 7.75. The lowest BCUT2D eigenvalue weighted by atomic mass is 10.1. The quantitative estimate of drug-likeness (QED) is 0.675. The van der Waals surface area contributed by atoms with Crippen molar-refractivity contribution < 1.29 is 19.1 Å². The van der Waals surface area contributed by atoms with Crippen molar-refractivity contribution in [3.8, 4) is 11.5 Å². The van der Waals surface area contributed by atoms with Gasteiger partial charge in [0.1, 0.15) is 6.10 Å². The van der Waals surface area contributed by atoms with Crippen molar-refractivity contribution in [2.45, 2.75) is 45.1 Å². The van der Waals surface area contributed by atoms with Crippen LogP contribution in [-0.2, 0) is 4.79 Å². The SMILES string of the molecule is COc1ccc(C(=O)NCCCN2CCCC2)cc1OC1CCN(C(C)=O)CC1. The molecule has 29 heavy (non-hydrogen) atoms. The highest BCUT2D eigenvalue weighted by Gasteiger charge is 2.23. The molecule has 0 unspecified atom stereocenters. The van der Waals surface area contributed by atoms with Crippen molar-refractivity contribution in [3.05, 3.63) is 23.8 Å². The third kappa shape index (κ3) is 6.10. The average molecular weight is 404 g/mol. The fourth-order valence-electron chi connectivity index (χ4n) is 3.99. The number of hydrogen-bond donors (Lipinski definition) is 1. The Labute approximate surface area is 173 Å². The zero-order chi connectivity index (χ0) is 20.6. The van der Waals surface area contributed by atoms with E-state index in [1.165, 1.54) is 25.9 Å². The molecule has 2 amide bonds. The second-order valence-electron chi connectivity index (χ2n) is 7.85. The van der Waals surface area contributed by atoms with Crippen LogP contribution in [0.3, 0.4) is 0 Å². The van der Waals surface area contributed by atoms with Crippen LogP contribution in [0.2, 0.25) is 0 Å². The van der Waals surface area contributed by atoms with Crippen molar-refractivity contribution in [3.63, 3.8) is 0 Å². The molecule has 0 atom stereocenters. The number of carbonyl (C=O) groups is 2. The van der Waals surface area contributed by atoms with Crippen LogP contribution in [-0.4, -0.2) is 74.1 Å². The van der Waals surface area contributed by atoms with E-state index in [9.17, 15) is 9.59 Å². The summed E-state index contributed by atoms with van der Waals surface area (Å²) in [7, 11) is 1.60. The first-order chi connectivity index (χ1) is 14.1. The minimum Gasteiger partial charge on any atom is -0.493 e. The highest BCUT2D eigenvalue weighted by atomic mass is 16.5. The lowest BCUT2D eigenvalue weighted by Crippen LogP contribution is -2.40. The van der Waals surface area contributed by atoms with Crippen LogP contribution < -0.4 is 14.8 Å². The van der Waals surface area contributed by atoms with Crippen molar-refractivity contribution in [2.75, 3.05) is 46.4 Å². The van der Waals surface area contributed by atoms with Crippen molar-refractivity contribution >= 4 is 11.8 Å². The van der Waals surface area contributed by atoms with E-state index >= 15 is 0 Å². The first kappa shape index (κ1) is 21.4. The Morgan fingerprint density at radius 3 is 2.48 bits per heavy atom. The van der Waals surface area contributed by atoms with Crippen LogP contribution in [0.1, 0.15) is 49.4 Å². The summed E-state index contributed by atoms with van der Waals surface area (Å²) >= 11 is 0. The molecule has 0 saturated carbocycles. The van der Waals surface area contributed by atoms with Gasteiger partial charge in [0.25, 0.3) is 5.91 Å². The van der Waals surface area contributed by atoms with Gasteiger partial charge in [0, 0.05) is 45.0 Å². The zero-order valence-electron chi connectivity index (χ0n) is 17.6. The summed E-state index contributed by atoms with van der Waals surface area (Å²) in [6, 6.07) is 5.30. The van der Waals surface area contributed by atoms with Gasteiger partial charge in [0.05, 0.1) is 7.11 Å². The van der Waals surface area contributed by atoms with E-state index in [-0.39, 0.29) is 17.9 Å². The zero-order valence-corrected chi connectivity index (χ0v) is 17.6. The Bertz CT molecular complexity index is 695. The first-order valence-electron chi connectivity index (χ1n) is 10.7. The number of carbonyl (C=O) groups excluding carboxylic acids is 2. The number of piperidine rings is 1. The first-order valence-corrected chi connectivity index (χ1v) is 10.7. The van der Waals surface area contributed by atoms with E-state index in [0.29, 0.717) is 36.7 Å². The molecule has 2 aliphatic rings. The highest BCUT2D eigenvalue weighted by molar-refractivity contribution is 5.94. The van der Waals surface area contributed by atoms with Crippen molar-refractivity contribution in [2.24, 2.45) is 0 Å². The van der Waals surface area contributed by atoms with Crippen LogP contribution in [0.5, 0.6) is 11.5 Å². The minimum atomic E-state index is -0.0923. The smallest absolute Gasteiger partial charge is 0.251 e. The van der Waals surface area contributed by atoms with Crippen LogP contribution in [0, 0.1) is 0 Å². The molecule has 160 valence electrons. The van der Waals surface area contributed by atoms with Gasteiger partial charge in [-0.25, -0.2) is 0 Å². The number of nitrogens with zero attached hydrogens (tertiary/aromatic N) is 2. The summed E-state index contributed by atoms with van der Waals surface area (Å²) in [5.74, 6) is 1.21. The van der Waals surface area contributed by atoms with Gasteiger partial charge in [-0.3, -0.25) is 9.59 Å². The van der Waals surface area contributed by atoms with Gasteiger partial charge in [-0.15, -0.1) is 0 Å². The van der Waals surface area contributed by atoms with Gasteiger partial charge in [0.2, 0.25) is 5.91 Å². The van der Waals surface area contributed by atoms with E-state index in [1.807, 2.05) is 4.90 Å². The second kappa shape index (κ2) is 10.5. The van der Waals surface area contributed by atoms with Gasteiger partial charge < -0.3 is 24.6 Å². The summed E-state index contributed by atoms with van der Waals surface area (Å²) in [6.07, 6.45) is 5.09. The molecule has 7 nitrogen and oxygen atoms in total. The second-order valence-corrected chi connectivity index (χ2v) is 7.85. The molecule has 0 radical (unpaired) electrons. The predicted octanol–water partition coefficient (Wildman–Crippen LogP) is 2.30. The van der Waals surface area contributed by atoms with Gasteiger partial charge in [-0.2, -0.15) is 0 Å². The number of amides is 2. The Morgan fingerprint density at radius 1 is 1.10 bits per heavy atom. The van der Waals surface area contributed by atoms with Gasteiger partial charge >= 0.3 is 0 Å². The standard InChI is InChI=1S/C22H33N3O4/c1-17(26)25-14-8-19(9-15-25)29-21-16-18(6-7-20(21)28-2)22(27)23-10-5-13-24-11-3-4-12-24/h6-7,16,19H,3-5,8-15H2,1-2H3,(H,23,27). The fraction of sp³-hybridized carbons (Fsp3) is 0.636. The molecule has 0 spiro atoms. The Morgan fingerprint density at radius 2 is 1.83 bits per heavy atom. The number of benzene rings is 1. The minimum absolute atomic E-state index is 0.0123. The number of hydrogen-bond acceptors (Lipinski definition) is 5. The molecule has 0 bridgehead atoms. The van der Waals surface area contributed by atoms with Gasteiger partial charge in [-0.1, -0.05) is 0 Å². The van der Waals surface area contributed by atoms with E-state index in [2.05, 4.69) is 10.2 Å². The summed E-state index contributed by atoms with van der Waals surface area (Å²) in [6.45, 7) is 7.05. The van der Waals surface area contributed by atoms with E-state index in [1.54, 1.807) is 32.2 Å². The van der Waals surface area contributed by atoms with E-state index < -0.39 is 0 Å². The number of ether oxygens (including phenoxy) is 2. The van der Waals surface area contributed by atoms with Gasteiger partial charge in [-0.05, 0) is 57.1 Å². The third-order valence-corrected chi connectivity index (χ3v) is 5.74. The van der Waals surface area contributed by atoms with E-state index in [0.717, 1.165) is 25.8 Å². The molecule has 1 aromatic rings. The summed E-state index contributed by atoms with van der Waals surface area (Å²) in [5.41, 5.74) is 0.572. The van der Waals surface area contributed by atoms with Crippen LogP contribution in [0.4, 0.5) is 0 Å². The molecule has 0 aliphatic carbocycles. The molecule has 3 rings (SSSR count). The average Bonchev–Trinajstić information content (AvgIpc) is 3.25. The number of methoxy groups -OCH3 is 1. The highest BCUT2D eigenvalue weighted by Crippen LogP contribution is 2.30. The molecule has 2 fully saturated rings.